The van der Waals surface area contributed by atoms with Crippen molar-refractivity contribution in [1.82, 2.24) is 4.98 Å². The SMILES string of the molecule is C#CCN(c1nc(-c2cc(C)c(OC)cc2Cl)c(C)s1)C(C)c1ccc(C)c(F)c1. The molecule has 1 heterocycles. The van der Waals surface area contributed by atoms with Gasteiger partial charge in [-0.05, 0) is 62.6 Å². The Hall–Kier alpha value is -2.55. The quantitative estimate of drug-likeness (QED) is 0.395. The molecule has 1 atom stereocenters. The minimum absolute atomic E-state index is 0.136. The molecule has 0 fully saturated rings. The van der Waals surface area contributed by atoms with Crippen molar-refractivity contribution < 1.29 is 9.13 Å². The third kappa shape index (κ3) is 4.30. The molecule has 0 aliphatic rings. The van der Waals surface area contributed by atoms with Crippen molar-refractivity contribution in [3.8, 4) is 29.4 Å². The van der Waals surface area contributed by atoms with Crippen LogP contribution in [0.2, 0.25) is 5.02 Å². The summed E-state index contributed by atoms with van der Waals surface area (Å²) in [5.74, 6) is 3.21. The first kappa shape index (κ1) is 22.1. The number of aromatic nitrogens is 1. The zero-order valence-corrected chi connectivity index (χ0v) is 19.3. The van der Waals surface area contributed by atoms with Gasteiger partial charge in [-0.3, -0.25) is 0 Å². The number of methoxy groups -OCH3 is 1. The standard InChI is InChI=1S/C24H24ClFN2OS/c1-7-10-28(16(4)18-9-8-14(2)21(26)12-18)24-27-23(17(5)30-24)19-11-15(3)22(29-6)13-20(19)25/h1,8-9,11-13,16H,10H2,2-6H3. The van der Waals surface area contributed by atoms with Crippen LogP contribution in [0.3, 0.4) is 0 Å². The monoisotopic (exact) mass is 442 g/mol. The maximum Gasteiger partial charge on any atom is 0.187 e. The van der Waals surface area contributed by atoms with Gasteiger partial charge in [-0.25, -0.2) is 9.37 Å². The van der Waals surface area contributed by atoms with Gasteiger partial charge >= 0.3 is 0 Å². The zero-order chi connectivity index (χ0) is 22.0. The number of hydrogen-bond acceptors (Lipinski definition) is 4. The van der Waals surface area contributed by atoms with E-state index in [9.17, 15) is 4.39 Å². The Morgan fingerprint density at radius 1 is 1.23 bits per heavy atom. The molecule has 0 aliphatic carbocycles. The van der Waals surface area contributed by atoms with Gasteiger partial charge in [-0.1, -0.05) is 29.7 Å². The van der Waals surface area contributed by atoms with E-state index < -0.39 is 0 Å². The molecule has 0 amide bonds. The molecule has 0 N–H and O–H groups in total. The molecule has 156 valence electrons. The van der Waals surface area contributed by atoms with E-state index in [4.69, 9.17) is 27.7 Å². The molecule has 3 rings (SSSR count). The fourth-order valence-corrected chi connectivity index (χ4v) is 4.58. The highest BCUT2D eigenvalue weighted by atomic mass is 35.5. The molecule has 0 spiro atoms. The van der Waals surface area contributed by atoms with E-state index in [1.54, 1.807) is 37.5 Å². The van der Waals surface area contributed by atoms with E-state index in [1.165, 1.54) is 0 Å². The molecule has 1 unspecified atom stereocenters. The number of anilines is 1. The van der Waals surface area contributed by atoms with E-state index in [-0.39, 0.29) is 11.9 Å². The molecule has 0 aliphatic heterocycles. The number of rotatable bonds is 6. The van der Waals surface area contributed by atoms with E-state index in [2.05, 4.69) is 5.92 Å². The highest BCUT2D eigenvalue weighted by Gasteiger charge is 2.22. The molecule has 6 heteroatoms. The van der Waals surface area contributed by atoms with Gasteiger partial charge in [0.05, 0.1) is 30.4 Å². The minimum Gasteiger partial charge on any atom is -0.496 e. The Morgan fingerprint density at radius 2 is 1.97 bits per heavy atom. The smallest absolute Gasteiger partial charge is 0.187 e. The molecule has 2 aromatic carbocycles. The second kappa shape index (κ2) is 9.07. The average Bonchev–Trinajstić information content (AvgIpc) is 3.10. The van der Waals surface area contributed by atoms with Gasteiger partial charge in [0.1, 0.15) is 11.6 Å². The lowest BCUT2D eigenvalue weighted by Gasteiger charge is -2.27. The first-order valence-corrected chi connectivity index (χ1v) is 10.7. The number of thiazole rings is 1. The Kier molecular flexibility index (Phi) is 6.70. The Bertz CT molecular complexity index is 1120. The summed E-state index contributed by atoms with van der Waals surface area (Å²) in [6.07, 6.45) is 5.64. The highest BCUT2D eigenvalue weighted by molar-refractivity contribution is 7.16. The van der Waals surface area contributed by atoms with Crippen LogP contribution in [0.15, 0.2) is 30.3 Å². The lowest BCUT2D eigenvalue weighted by atomic mass is 10.0. The molecule has 3 nitrogen and oxygen atoms in total. The first-order chi connectivity index (χ1) is 14.3. The summed E-state index contributed by atoms with van der Waals surface area (Å²) >= 11 is 8.07. The van der Waals surface area contributed by atoms with Crippen LogP contribution in [0.25, 0.3) is 11.3 Å². The average molecular weight is 443 g/mol. The van der Waals surface area contributed by atoms with Gasteiger partial charge in [0.15, 0.2) is 5.13 Å². The van der Waals surface area contributed by atoms with Crippen LogP contribution in [0.1, 0.15) is 34.5 Å². The summed E-state index contributed by atoms with van der Waals surface area (Å²) in [6.45, 7) is 8.09. The number of aryl methyl sites for hydroxylation is 3. The molecule has 3 aromatic rings. The fraction of sp³-hybridized carbons (Fsp3) is 0.292. The van der Waals surface area contributed by atoms with Crippen molar-refractivity contribution in [2.24, 2.45) is 0 Å². The van der Waals surface area contributed by atoms with Gasteiger partial charge in [0.2, 0.25) is 0 Å². The Labute approximate surface area is 186 Å². The van der Waals surface area contributed by atoms with Crippen molar-refractivity contribution in [2.75, 3.05) is 18.6 Å². The van der Waals surface area contributed by atoms with Crippen molar-refractivity contribution in [2.45, 2.75) is 33.7 Å². The van der Waals surface area contributed by atoms with Crippen LogP contribution >= 0.6 is 22.9 Å². The molecule has 0 bridgehead atoms. The number of terminal acetylenes is 1. The number of benzene rings is 2. The molecule has 0 saturated heterocycles. The maximum absolute atomic E-state index is 14.1. The fourth-order valence-electron chi connectivity index (χ4n) is 3.34. The molecule has 1 aromatic heterocycles. The molecule has 0 radical (unpaired) electrons. The largest absolute Gasteiger partial charge is 0.496 e. The third-order valence-corrected chi connectivity index (χ3v) is 6.50. The summed E-state index contributed by atoms with van der Waals surface area (Å²) in [6, 6.07) is 8.93. The summed E-state index contributed by atoms with van der Waals surface area (Å²) in [5.41, 5.74) is 4.11. The van der Waals surface area contributed by atoms with Gasteiger partial charge in [-0.2, -0.15) is 0 Å². The summed E-state index contributed by atoms with van der Waals surface area (Å²) in [4.78, 5) is 7.91. The minimum atomic E-state index is -0.225. The van der Waals surface area contributed by atoms with Crippen molar-refractivity contribution >= 4 is 28.1 Å². The maximum atomic E-state index is 14.1. The van der Waals surface area contributed by atoms with E-state index in [0.717, 1.165) is 38.1 Å². The van der Waals surface area contributed by atoms with Gasteiger partial charge in [-0.15, -0.1) is 17.8 Å². The molecule has 30 heavy (non-hydrogen) atoms. The zero-order valence-electron chi connectivity index (χ0n) is 17.7. The summed E-state index contributed by atoms with van der Waals surface area (Å²) in [7, 11) is 1.62. The summed E-state index contributed by atoms with van der Waals surface area (Å²) < 4.78 is 19.5. The molecular formula is C24H24ClFN2OS. The second-order valence-electron chi connectivity index (χ2n) is 7.22. The first-order valence-electron chi connectivity index (χ1n) is 9.54. The van der Waals surface area contributed by atoms with E-state index in [0.29, 0.717) is 17.1 Å². The molecular weight excluding hydrogens is 419 g/mol. The van der Waals surface area contributed by atoms with Crippen LogP contribution in [0.4, 0.5) is 9.52 Å². The third-order valence-electron chi connectivity index (χ3n) is 5.18. The van der Waals surface area contributed by atoms with Crippen molar-refractivity contribution in [3.05, 3.63) is 62.7 Å². The van der Waals surface area contributed by atoms with Gasteiger partial charge in [0.25, 0.3) is 0 Å². The normalized spacial score (nSPS) is 11.8. The summed E-state index contributed by atoms with van der Waals surface area (Å²) in [5, 5.41) is 1.35. The van der Waals surface area contributed by atoms with Gasteiger partial charge in [0, 0.05) is 10.4 Å². The van der Waals surface area contributed by atoms with Crippen LogP contribution in [0.5, 0.6) is 5.75 Å². The number of ether oxygens (including phenoxy) is 1. The highest BCUT2D eigenvalue weighted by Crippen LogP contribution is 2.40. The second-order valence-corrected chi connectivity index (χ2v) is 8.81. The van der Waals surface area contributed by atoms with Crippen LogP contribution in [0, 0.1) is 38.9 Å². The van der Waals surface area contributed by atoms with Crippen molar-refractivity contribution in [3.63, 3.8) is 0 Å². The predicted molar refractivity (Wildman–Crippen MR) is 124 cm³/mol. The van der Waals surface area contributed by atoms with Crippen LogP contribution in [-0.2, 0) is 0 Å². The lowest BCUT2D eigenvalue weighted by Crippen LogP contribution is -2.27. The van der Waals surface area contributed by atoms with Crippen LogP contribution in [-0.4, -0.2) is 18.6 Å². The molecule has 0 saturated carbocycles. The van der Waals surface area contributed by atoms with Gasteiger partial charge < -0.3 is 9.64 Å². The number of halogens is 2. The van der Waals surface area contributed by atoms with Crippen molar-refractivity contribution in [1.29, 1.82) is 0 Å². The van der Waals surface area contributed by atoms with E-state index >= 15 is 0 Å². The Morgan fingerprint density at radius 3 is 2.60 bits per heavy atom. The number of nitrogens with zero attached hydrogens (tertiary/aromatic N) is 2. The predicted octanol–water partition coefficient (Wildman–Crippen LogP) is 6.74. The number of hydrogen-bond donors (Lipinski definition) is 0. The Balaban J connectivity index is 2.03. The topological polar surface area (TPSA) is 25.4 Å². The van der Waals surface area contributed by atoms with Crippen LogP contribution < -0.4 is 9.64 Å². The van der Waals surface area contributed by atoms with E-state index in [1.807, 2.05) is 43.9 Å². The lowest BCUT2D eigenvalue weighted by molar-refractivity contribution is 0.412.